The number of rotatable bonds is 7. The van der Waals surface area contributed by atoms with Crippen LogP contribution in [0.5, 0.6) is 0 Å². The Morgan fingerprint density at radius 2 is 1.90 bits per heavy atom. The zero-order chi connectivity index (χ0) is 21.6. The van der Waals surface area contributed by atoms with E-state index in [0.717, 1.165) is 49.6 Å². The molecule has 1 fully saturated rings. The molecule has 7 nitrogen and oxygen atoms in total. The minimum Gasteiger partial charge on any atom is -0.339 e. The zero-order valence-electron chi connectivity index (χ0n) is 17.4. The number of thiophene rings is 1. The van der Waals surface area contributed by atoms with Gasteiger partial charge in [-0.05, 0) is 49.8 Å². The Kier molecular flexibility index (Phi) is 7.03. The van der Waals surface area contributed by atoms with Crippen molar-refractivity contribution >= 4 is 40.6 Å². The van der Waals surface area contributed by atoms with Crippen LogP contribution in [0, 0.1) is 0 Å². The summed E-state index contributed by atoms with van der Waals surface area (Å²) >= 11 is 2.96. The van der Waals surface area contributed by atoms with Crippen molar-refractivity contribution in [3.8, 4) is 10.7 Å². The molecule has 0 saturated carbocycles. The fourth-order valence-corrected chi connectivity index (χ4v) is 5.15. The predicted molar refractivity (Wildman–Crippen MR) is 125 cm³/mol. The second kappa shape index (κ2) is 10.1. The summed E-state index contributed by atoms with van der Waals surface area (Å²) in [5.74, 6) is 0.814. The molecule has 0 aliphatic carbocycles. The minimum absolute atomic E-state index is 0.0189. The Morgan fingerprint density at radius 1 is 1.10 bits per heavy atom. The molecule has 3 aromatic rings. The number of likely N-dealkylation sites (tertiary alicyclic amines) is 1. The fourth-order valence-electron chi connectivity index (χ4n) is 3.63. The van der Waals surface area contributed by atoms with E-state index in [-0.39, 0.29) is 17.6 Å². The number of piperidine rings is 1. The number of nitrogens with zero attached hydrogens (tertiary/aromatic N) is 4. The van der Waals surface area contributed by atoms with Crippen molar-refractivity contribution in [3.05, 3.63) is 47.3 Å². The predicted octanol–water partition coefficient (Wildman–Crippen LogP) is 4.38. The second-order valence-electron chi connectivity index (χ2n) is 7.26. The first-order chi connectivity index (χ1) is 15.2. The van der Waals surface area contributed by atoms with Gasteiger partial charge in [0.25, 0.3) is 5.91 Å². The molecule has 1 aliphatic rings. The lowest BCUT2D eigenvalue weighted by atomic mass is 10.1. The molecule has 4 rings (SSSR count). The summed E-state index contributed by atoms with van der Waals surface area (Å²) in [4.78, 5) is 28.5. The molecule has 31 heavy (non-hydrogen) atoms. The van der Waals surface area contributed by atoms with Crippen LogP contribution in [-0.4, -0.2) is 50.3 Å². The van der Waals surface area contributed by atoms with Gasteiger partial charge in [-0.3, -0.25) is 9.59 Å². The van der Waals surface area contributed by atoms with Gasteiger partial charge in [0.2, 0.25) is 5.91 Å². The number of aromatic nitrogens is 3. The van der Waals surface area contributed by atoms with Crippen LogP contribution in [0.15, 0.2) is 46.9 Å². The maximum Gasteiger partial charge on any atom is 0.255 e. The van der Waals surface area contributed by atoms with E-state index >= 15 is 0 Å². The molecule has 0 spiro atoms. The molecule has 162 valence electrons. The van der Waals surface area contributed by atoms with Gasteiger partial charge in [0.1, 0.15) is 0 Å². The molecule has 1 aliphatic heterocycles. The summed E-state index contributed by atoms with van der Waals surface area (Å²) in [5.41, 5.74) is 1.10. The van der Waals surface area contributed by atoms with Crippen LogP contribution in [0.2, 0.25) is 0 Å². The van der Waals surface area contributed by atoms with Crippen LogP contribution in [-0.2, 0) is 11.3 Å². The van der Waals surface area contributed by atoms with E-state index in [1.807, 2.05) is 46.0 Å². The molecule has 3 heterocycles. The van der Waals surface area contributed by atoms with Gasteiger partial charge in [0.05, 0.1) is 21.9 Å². The number of hydrogen-bond donors (Lipinski definition) is 1. The third-order valence-corrected chi connectivity index (χ3v) is 7.01. The number of hydrogen-bond acceptors (Lipinski definition) is 6. The van der Waals surface area contributed by atoms with Gasteiger partial charge >= 0.3 is 0 Å². The van der Waals surface area contributed by atoms with E-state index in [2.05, 4.69) is 15.5 Å². The third-order valence-electron chi connectivity index (χ3n) is 5.18. The van der Waals surface area contributed by atoms with Crippen LogP contribution in [0.25, 0.3) is 10.7 Å². The number of anilines is 1. The highest BCUT2D eigenvalue weighted by atomic mass is 32.2. The summed E-state index contributed by atoms with van der Waals surface area (Å²) in [6, 6.07) is 11.2. The smallest absolute Gasteiger partial charge is 0.255 e. The Labute approximate surface area is 189 Å². The lowest BCUT2D eigenvalue weighted by molar-refractivity contribution is -0.113. The summed E-state index contributed by atoms with van der Waals surface area (Å²) in [5, 5.41) is 14.2. The monoisotopic (exact) mass is 455 g/mol. The van der Waals surface area contributed by atoms with Gasteiger partial charge in [-0.1, -0.05) is 30.0 Å². The van der Waals surface area contributed by atoms with Crippen LogP contribution in [0.4, 0.5) is 5.69 Å². The first-order valence-electron chi connectivity index (χ1n) is 10.5. The molecular weight excluding hydrogens is 430 g/mol. The van der Waals surface area contributed by atoms with Gasteiger partial charge in [0.15, 0.2) is 11.0 Å². The molecule has 0 unspecified atom stereocenters. The Morgan fingerprint density at radius 3 is 2.65 bits per heavy atom. The lowest BCUT2D eigenvalue weighted by Crippen LogP contribution is -2.36. The molecule has 1 aromatic carbocycles. The number of carbonyl (C=O) groups is 2. The average Bonchev–Trinajstić information content (AvgIpc) is 3.47. The van der Waals surface area contributed by atoms with Crippen LogP contribution in [0.3, 0.4) is 0 Å². The van der Waals surface area contributed by atoms with Crippen LogP contribution in [0.1, 0.15) is 36.5 Å². The maximum atomic E-state index is 12.9. The summed E-state index contributed by atoms with van der Waals surface area (Å²) in [7, 11) is 0. The van der Waals surface area contributed by atoms with E-state index in [1.54, 1.807) is 23.5 Å². The molecular formula is C22H25N5O2S2. The van der Waals surface area contributed by atoms with Crippen molar-refractivity contribution in [1.29, 1.82) is 0 Å². The highest BCUT2D eigenvalue weighted by molar-refractivity contribution is 7.99. The highest BCUT2D eigenvalue weighted by Crippen LogP contribution is 2.27. The van der Waals surface area contributed by atoms with Crippen molar-refractivity contribution in [3.63, 3.8) is 0 Å². The lowest BCUT2D eigenvalue weighted by Gasteiger charge is -2.27. The first-order valence-corrected chi connectivity index (χ1v) is 12.3. The summed E-state index contributed by atoms with van der Waals surface area (Å²) in [6.45, 7) is 4.30. The van der Waals surface area contributed by atoms with E-state index in [4.69, 9.17) is 0 Å². The first kappa shape index (κ1) is 21.6. The van der Waals surface area contributed by atoms with E-state index in [9.17, 15) is 9.59 Å². The summed E-state index contributed by atoms with van der Waals surface area (Å²) in [6.07, 6.45) is 3.22. The topological polar surface area (TPSA) is 80.1 Å². The number of para-hydroxylation sites is 1. The quantitative estimate of drug-likeness (QED) is 0.535. The van der Waals surface area contributed by atoms with Crippen LogP contribution >= 0.6 is 23.1 Å². The number of carbonyl (C=O) groups excluding carboxylic acids is 2. The van der Waals surface area contributed by atoms with Gasteiger partial charge in [-0.2, -0.15) is 0 Å². The van der Waals surface area contributed by atoms with Gasteiger partial charge in [0, 0.05) is 19.6 Å². The Hall–Kier alpha value is -2.65. The molecule has 1 saturated heterocycles. The zero-order valence-corrected chi connectivity index (χ0v) is 19.0. The molecule has 9 heteroatoms. The van der Waals surface area contributed by atoms with Crippen molar-refractivity contribution in [1.82, 2.24) is 19.7 Å². The molecule has 2 aromatic heterocycles. The van der Waals surface area contributed by atoms with Gasteiger partial charge < -0.3 is 14.8 Å². The van der Waals surface area contributed by atoms with Crippen LogP contribution < -0.4 is 5.32 Å². The van der Waals surface area contributed by atoms with Crippen molar-refractivity contribution in [2.75, 3.05) is 24.2 Å². The molecule has 1 N–H and O–H groups in total. The van der Waals surface area contributed by atoms with E-state index in [1.165, 1.54) is 11.8 Å². The van der Waals surface area contributed by atoms with Crippen molar-refractivity contribution in [2.24, 2.45) is 0 Å². The van der Waals surface area contributed by atoms with E-state index in [0.29, 0.717) is 16.4 Å². The largest absolute Gasteiger partial charge is 0.339 e. The molecule has 0 radical (unpaired) electrons. The molecule has 0 bridgehead atoms. The van der Waals surface area contributed by atoms with Gasteiger partial charge in [-0.25, -0.2) is 0 Å². The second-order valence-corrected chi connectivity index (χ2v) is 9.15. The summed E-state index contributed by atoms with van der Waals surface area (Å²) < 4.78 is 2.01. The van der Waals surface area contributed by atoms with E-state index < -0.39 is 0 Å². The molecule has 0 atom stereocenters. The van der Waals surface area contributed by atoms with Crippen molar-refractivity contribution in [2.45, 2.75) is 37.9 Å². The van der Waals surface area contributed by atoms with Crippen molar-refractivity contribution < 1.29 is 9.59 Å². The minimum atomic E-state index is -0.174. The number of amides is 2. The van der Waals surface area contributed by atoms with Gasteiger partial charge in [-0.15, -0.1) is 21.5 Å². The SMILES string of the molecule is CCn1c(SCC(=O)Nc2ccccc2C(=O)N2CCCCC2)nnc1-c1cccs1. The Bertz CT molecular complexity index is 1040. The third kappa shape index (κ3) is 4.99. The fraction of sp³-hybridized carbons (Fsp3) is 0.364. The standard InChI is InChI=1S/C22H25N5O2S2/c1-2-27-20(18-11-8-14-30-18)24-25-22(27)31-15-19(28)23-17-10-5-4-9-16(17)21(29)26-12-6-3-7-13-26/h4-5,8-11,14H,2-3,6-7,12-13,15H2,1H3,(H,23,28). The normalized spacial score (nSPS) is 13.9. The highest BCUT2D eigenvalue weighted by Gasteiger charge is 2.21. The Balaban J connectivity index is 1.42. The molecule has 2 amide bonds. The number of benzene rings is 1. The number of thioether (sulfide) groups is 1. The maximum absolute atomic E-state index is 12.9. The number of nitrogens with one attached hydrogen (secondary N) is 1. The average molecular weight is 456 g/mol.